The Labute approximate surface area is 67.2 Å². The predicted molar refractivity (Wildman–Crippen MR) is 47.8 cm³/mol. The molecule has 0 amide bonds. The molecule has 0 aliphatic rings. The molecular formula is C6H14N3S-. The molecule has 4 heteroatoms. The van der Waals surface area contributed by atoms with Crippen LogP contribution in [0.25, 0.3) is 5.73 Å². The summed E-state index contributed by atoms with van der Waals surface area (Å²) in [5.74, 6) is 0. The highest BCUT2D eigenvalue weighted by molar-refractivity contribution is 7.80. The van der Waals surface area contributed by atoms with E-state index < -0.39 is 0 Å². The van der Waals surface area contributed by atoms with Gasteiger partial charge in [0.1, 0.15) is 0 Å². The van der Waals surface area contributed by atoms with E-state index in [4.69, 9.17) is 11.5 Å². The maximum atomic E-state index is 7.17. The zero-order valence-electron chi connectivity index (χ0n) is 6.18. The largest absolute Gasteiger partial charge is 0.675 e. The molecule has 60 valence electrons. The highest BCUT2D eigenvalue weighted by Crippen LogP contribution is 1.96. The molecule has 3 nitrogen and oxygen atoms in total. The van der Waals surface area contributed by atoms with Crippen LogP contribution in [-0.4, -0.2) is 17.7 Å². The Morgan fingerprint density at radius 2 is 2.40 bits per heavy atom. The van der Waals surface area contributed by atoms with Crippen LogP contribution in [0.15, 0.2) is 0 Å². The second kappa shape index (κ2) is 5.44. The standard InChI is InChI=1S/C6H14N3S/c1-5(7)3-2-4-9-6(8)10/h5,7H,2-4H2,1H3,(H3,8,9,10)/q-1/t5-/m1/s1. The van der Waals surface area contributed by atoms with Crippen molar-refractivity contribution < 1.29 is 0 Å². The van der Waals surface area contributed by atoms with Crippen LogP contribution in [0.3, 0.4) is 0 Å². The third kappa shape index (κ3) is 7.65. The maximum absolute atomic E-state index is 7.17. The summed E-state index contributed by atoms with van der Waals surface area (Å²) in [6, 6.07) is 0.0214. The molecule has 0 saturated carbocycles. The van der Waals surface area contributed by atoms with Gasteiger partial charge in [0.25, 0.3) is 0 Å². The third-order valence-electron chi connectivity index (χ3n) is 1.11. The van der Waals surface area contributed by atoms with Gasteiger partial charge in [0.2, 0.25) is 0 Å². The van der Waals surface area contributed by atoms with Crippen molar-refractivity contribution in [1.29, 1.82) is 0 Å². The van der Waals surface area contributed by atoms with Crippen LogP contribution >= 0.6 is 12.2 Å². The molecule has 0 aromatic carbocycles. The third-order valence-corrected chi connectivity index (χ3v) is 1.26. The highest BCUT2D eigenvalue weighted by Gasteiger charge is 1.88. The lowest BCUT2D eigenvalue weighted by Crippen LogP contribution is -2.29. The fraction of sp³-hybridized carbons (Fsp3) is 0.833. The molecule has 0 aromatic rings. The van der Waals surface area contributed by atoms with Crippen molar-refractivity contribution in [2.45, 2.75) is 25.8 Å². The first kappa shape index (κ1) is 9.65. The van der Waals surface area contributed by atoms with E-state index in [-0.39, 0.29) is 6.04 Å². The van der Waals surface area contributed by atoms with Crippen LogP contribution in [0.1, 0.15) is 19.8 Å². The lowest BCUT2D eigenvalue weighted by molar-refractivity contribution is 0.671. The summed E-state index contributed by atoms with van der Waals surface area (Å²) >= 11 is 4.59. The van der Waals surface area contributed by atoms with Gasteiger partial charge in [-0.05, 0) is 18.6 Å². The summed E-state index contributed by atoms with van der Waals surface area (Å²) in [6.07, 6.45) is 1.86. The Balaban J connectivity index is 2.98. The molecule has 4 N–H and O–H groups in total. The van der Waals surface area contributed by atoms with Gasteiger partial charge >= 0.3 is 0 Å². The number of rotatable bonds is 4. The SMILES string of the molecule is C[C@@H]([NH-])CCCNC(N)=S. The number of hydrogen-bond acceptors (Lipinski definition) is 1. The second-order valence-electron chi connectivity index (χ2n) is 2.33. The fourth-order valence-corrected chi connectivity index (χ4v) is 0.722. The van der Waals surface area contributed by atoms with E-state index in [1.807, 2.05) is 6.92 Å². The molecule has 0 aliphatic heterocycles. The van der Waals surface area contributed by atoms with Gasteiger partial charge in [0.15, 0.2) is 5.11 Å². The molecule has 0 radical (unpaired) electrons. The van der Waals surface area contributed by atoms with E-state index in [2.05, 4.69) is 17.5 Å². The quantitative estimate of drug-likeness (QED) is 0.477. The first-order valence-corrected chi connectivity index (χ1v) is 3.78. The van der Waals surface area contributed by atoms with E-state index in [1.54, 1.807) is 0 Å². The van der Waals surface area contributed by atoms with Crippen LogP contribution < -0.4 is 11.1 Å². The molecule has 0 aromatic heterocycles. The molecule has 10 heavy (non-hydrogen) atoms. The second-order valence-corrected chi connectivity index (χ2v) is 2.77. The maximum Gasteiger partial charge on any atom is 0.163 e. The minimum Gasteiger partial charge on any atom is -0.675 e. The summed E-state index contributed by atoms with van der Waals surface area (Å²) in [6.45, 7) is 2.67. The van der Waals surface area contributed by atoms with Gasteiger partial charge in [-0.3, -0.25) is 0 Å². The molecule has 0 fully saturated rings. The summed E-state index contributed by atoms with van der Waals surface area (Å²) in [5, 5.41) is 3.17. The van der Waals surface area contributed by atoms with Gasteiger partial charge in [0.05, 0.1) is 0 Å². The zero-order chi connectivity index (χ0) is 7.98. The van der Waals surface area contributed by atoms with E-state index in [0.29, 0.717) is 5.11 Å². The Morgan fingerprint density at radius 1 is 1.80 bits per heavy atom. The van der Waals surface area contributed by atoms with E-state index in [9.17, 15) is 0 Å². The number of nitrogens with two attached hydrogens (primary N) is 1. The van der Waals surface area contributed by atoms with Crippen molar-refractivity contribution in [3.05, 3.63) is 5.73 Å². The van der Waals surface area contributed by atoms with Crippen LogP contribution in [0.2, 0.25) is 0 Å². The molecular weight excluding hydrogens is 146 g/mol. The number of nitrogens with one attached hydrogen (secondary N) is 2. The molecule has 0 heterocycles. The van der Waals surface area contributed by atoms with Gasteiger partial charge in [-0.25, -0.2) is 0 Å². The summed E-state index contributed by atoms with van der Waals surface area (Å²) < 4.78 is 0. The molecule has 0 spiro atoms. The van der Waals surface area contributed by atoms with E-state index in [0.717, 1.165) is 19.4 Å². The van der Waals surface area contributed by atoms with Gasteiger partial charge in [0, 0.05) is 6.54 Å². The van der Waals surface area contributed by atoms with Crippen LogP contribution in [0.5, 0.6) is 0 Å². The Hall–Kier alpha value is -0.350. The molecule has 1 atom stereocenters. The lowest BCUT2D eigenvalue weighted by atomic mass is 10.2. The fourth-order valence-electron chi connectivity index (χ4n) is 0.620. The molecule has 0 rings (SSSR count). The van der Waals surface area contributed by atoms with Crippen molar-refractivity contribution in [1.82, 2.24) is 5.32 Å². The molecule has 0 saturated heterocycles. The minimum atomic E-state index is 0.0214. The Kier molecular flexibility index (Phi) is 5.25. The summed E-state index contributed by atoms with van der Waals surface area (Å²) in [4.78, 5) is 0. The number of thiocarbonyl (C=S) groups is 1. The molecule has 0 unspecified atom stereocenters. The van der Waals surface area contributed by atoms with E-state index in [1.165, 1.54) is 0 Å². The molecule has 0 aliphatic carbocycles. The summed E-state index contributed by atoms with van der Waals surface area (Å²) in [5.41, 5.74) is 12.4. The van der Waals surface area contributed by atoms with Crippen molar-refractivity contribution in [2.24, 2.45) is 5.73 Å². The average molecular weight is 160 g/mol. The molecule has 0 bridgehead atoms. The zero-order valence-corrected chi connectivity index (χ0v) is 7.00. The van der Waals surface area contributed by atoms with Gasteiger partial charge in [-0.1, -0.05) is 13.3 Å². The van der Waals surface area contributed by atoms with Crippen LogP contribution in [0.4, 0.5) is 0 Å². The van der Waals surface area contributed by atoms with E-state index >= 15 is 0 Å². The summed E-state index contributed by atoms with van der Waals surface area (Å²) in [7, 11) is 0. The van der Waals surface area contributed by atoms with Crippen LogP contribution in [-0.2, 0) is 0 Å². The van der Waals surface area contributed by atoms with Gasteiger partial charge < -0.3 is 16.8 Å². The average Bonchev–Trinajstić information content (AvgIpc) is 1.79. The Morgan fingerprint density at radius 3 is 2.80 bits per heavy atom. The smallest absolute Gasteiger partial charge is 0.163 e. The van der Waals surface area contributed by atoms with Gasteiger partial charge in [-0.2, -0.15) is 0 Å². The lowest BCUT2D eigenvalue weighted by Gasteiger charge is -2.12. The highest BCUT2D eigenvalue weighted by atomic mass is 32.1. The van der Waals surface area contributed by atoms with Crippen LogP contribution in [0, 0.1) is 0 Å². The predicted octanol–water partition coefficient (Wildman–Crippen LogP) is 1.04. The minimum absolute atomic E-state index is 0.0214. The topological polar surface area (TPSA) is 61.8 Å². The first-order chi connectivity index (χ1) is 4.63. The monoisotopic (exact) mass is 160 g/mol. The van der Waals surface area contributed by atoms with Crippen molar-refractivity contribution in [3.8, 4) is 0 Å². The van der Waals surface area contributed by atoms with Crippen molar-refractivity contribution >= 4 is 17.3 Å². The van der Waals surface area contributed by atoms with Crippen molar-refractivity contribution in [2.75, 3.05) is 6.54 Å². The Bertz CT molecular complexity index is 103. The number of hydrogen-bond donors (Lipinski definition) is 2. The van der Waals surface area contributed by atoms with Crippen molar-refractivity contribution in [3.63, 3.8) is 0 Å². The normalized spacial score (nSPS) is 12.6. The van der Waals surface area contributed by atoms with Gasteiger partial charge in [-0.15, -0.1) is 6.04 Å². The first-order valence-electron chi connectivity index (χ1n) is 3.37.